The summed E-state index contributed by atoms with van der Waals surface area (Å²) in [5.74, 6) is 0.274. The van der Waals surface area contributed by atoms with Crippen molar-refractivity contribution < 1.29 is 24.1 Å². The van der Waals surface area contributed by atoms with E-state index in [1.165, 1.54) is 18.0 Å². The van der Waals surface area contributed by atoms with Gasteiger partial charge in [-0.05, 0) is 0 Å². The first-order chi connectivity index (χ1) is 10.1. The van der Waals surface area contributed by atoms with Gasteiger partial charge in [-0.3, -0.25) is 4.57 Å². The largest absolute Gasteiger partial charge is 0.479 e. The van der Waals surface area contributed by atoms with Crippen molar-refractivity contribution in [3.05, 3.63) is 10.2 Å². The predicted molar refractivity (Wildman–Crippen MR) is 76.5 cm³/mol. The standard InChI is InChI=1S/C11H12FIN4O4/c1-20-9-6-8(15-11(13)16-9)17(3-14-6)10-5(12)7(19)4(2-18)21-10/h3-5,7,10,18-19H,2H2,1H3/t4-,5-,7-,10-/m1/s1. The van der Waals surface area contributed by atoms with Gasteiger partial charge in [0.2, 0.25) is 5.88 Å². The maximum Gasteiger partial charge on any atom is 0.246 e. The summed E-state index contributed by atoms with van der Waals surface area (Å²) < 4.78 is 26.4. The number of aromatic nitrogens is 4. The van der Waals surface area contributed by atoms with Gasteiger partial charge in [0.15, 0.2) is 27.4 Å². The highest BCUT2D eigenvalue weighted by Gasteiger charge is 2.45. The van der Waals surface area contributed by atoms with Crippen molar-refractivity contribution in [2.75, 3.05) is 13.7 Å². The molecular formula is C11H12FIN4O4. The van der Waals surface area contributed by atoms with Gasteiger partial charge in [0.25, 0.3) is 0 Å². The van der Waals surface area contributed by atoms with Crippen LogP contribution in [0.3, 0.4) is 0 Å². The molecule has 2 N–H and O–H groups in total. The summed E-state index contributed by atoms with van der Waals surface area (Å²) in [7, 11) is 1.45. The number of aliphatic hydroxyl groups is 2. The molecule has 8 nitrogen and oxygen atoms in total. The second kappa shape index (κ2) is 5.59. The van der Waals surface area contributed by atoms with Gasteiger partial charge in [-0.2, -0.15) is 4.98 Å². The number of hydrogen-bond acceptors (Lipinski definition) is 7. The van der Waals surface area contributed by atoms with Gasteiger partial charge >= 0.3 is 0 Å². The molecule has 1 aliphatic heterocycles. The van der Waals surface area contributed by atoms with Gasteiger partial charge in [-0.15, -0.1) is 0 Å². The number of halogens is 2. The van der Waals surface area contributed by atoms with Crippen molar-refractivity contribution in [3.63, 3.8) is 0 Å². The van der Waals surface area contributed by atoms with Crippen LogP contribution in [0, 0.1) is 3.83 Å². The molecule has 1 saturated heterocycles. The van der Waals surface area contributed by atoms with Crippen LogP contribution in [0.25, 0.3) is 11.2 Å². The summed E-state index contributed by atoms with van der Waals surface area (Å²) in [6, 6.07) is 0. The van der Waals surface area contributed by atoms with Crippen molar-refractivity contribution in [2.45, 2.75) is 24.6 Å². The van der Waals surface area contributed by atoms with E-state index in [2.05, 4.69) is 15.0 Å². The van der Waals surface area contributed by atoms with E-state index in [1.54, 1.807) is 0 Å². The molecule has 0 amide bonds. The Labute approximate surface area is 132 Å². The van der Waals surface area contributed by atoms with Crippen molar-refractivity contribution in [3.8, 4) is 5.88 Å². The molecule has 4 atom stereocenters. The SMILES string of the molecule is COc1nc(I)nc2c1ncn2[C@@H]1O[C@H](CO)[C@@H](O)[C@H]1F. The Kier molecular flexibility index (Phi) is 3.94. The minimum Gasteiger partial charge on any atom is -0.479 e. The molecular weight excluding hydrogens is 398 g/mol. The van der Waals surface area contributed by atoms with Crippen LogP contribution in [-0.2, 0) is 4.74 Å². The summed E-state index contributed by atoms with van der Waals surface area (Å²) in [6.45, 7) is -0.472. The molecule has 0 aromatic carbocycles. The third kappa shape index (κ3) is 2.35. The number of nitrogens with zero attached hydrogens (tertiary/aromatic N) is 4. The molecule has 10 heteroatoms. The van der Waals surface area contributed by atoms with Crippen molar-refractivity contribution in [1.29, 1.82) is 0 Å². The van der Waals surface area contributed by atoms with Gasteiger partial charge < -0.3 is 19.7 Å². The van der Waals surface area contributed by atoms with E-state index in [0.717, 1.165) is 0 Å². The molecule has 0 unspecified atom stereocenters. The molecule has 0 aliphatic carbocycles. The number of rotatable bonds is 3. The molecule has 0 bridgehead atoms. The zero-order valence-corrected chi connectivity index (χ0v) is 13.0. The lowest BCUT2D eigenvalue weighted by Gasteiger charge is -2.15. The molecule has 0 radical (unpaired) electrons. The summed E-state index contributed by atoms with van der Waals surface area (Å²) in [6.07, 6.45) is -3.84. The fourth-order valence-corrected chi connectivity index (χ4v) is 2.72. The van der Waals surface area contributed by atoms with E-state index < -0.39 is 31.2 Å². The Bertz CT molecular complexity index is 669. The highest BCUT2D eigenvalue weighted by Crippen LogP contribution is 2.34. The van der Waals surface area contributed by atoms with E-state index in [-0.39, 0.29) is 5.88 Å². The normalized spacial score (nSPS) is 29.2. The minimum absolute atomic E-state index is 0.274. The van der Waals surface area contributed by atoms with Crippen LogP contribution in [0.4, 0.5) is 4.39 Å². The molecule has 0 spiro atoms. The van der Waals surface area contributed by atoms with E-state index in [4.69, 9.17) is 14.6 Å². The third-order valence-electron chi connectivity index (χ3n) is 3.30. The third-order valence-corrected chi connectivity index (χ3v) is 3.79. The van der Waals surface area contributed by atoms with Crippen LogP contribution < -0.4 is 4.74 Å². The lowest BCUT2D eigenvalue weighted by atomic mass is 10.1. The van der Waals surface area contributed by atoms with Crippen LogP contribution in [0.5, 0.6) is 5.88 Å². The number of methoxy groups -OCH3 is 1. The van der Waals surface area contributed by atoms with E-state index in [1.807, 2.05) is 22.6 Å². The Morgan fingerprint density at radius 3 is 2.90 bits per heavy atom. The Morgan fingerprint density at radius 2 is 2.29 bits per heavy atom. The number of imidazole rings is 1. The fraction of sp³-hybridized carbons (Fsp3) is 0.545. The average molecular weight is 410 g/mol. The quantitative estimate of drug-likeness (QED) is 0.544. The van der Waals surface area contributed by atoms with Gasteiger partial charge in [0.1, 0.15) is 12.2 Å². The summed E-state index contributed by atoms with van der Waals surface area (Å²) in [5, 5.41) is 18.8. The maximum atomic E-state index is 14.2. The van der Waals surface area contributed by atoms with E-state index >= 15 is 0 Å². The minimum atomic E-state index is -1.70. The van der Waals surface area contributed by atoms with Crippen LogP contribution in [0.1, 0.15) is 6.23 Å². The zero-order chi connectivity index (χ0) is 15.1. The van der Waals surface area contributed by atoms with Gasteiger partial charge in [0.05, 0.1) is 20.0 Å². The highest BCUT2D eigenvalue weighted by atomic mass is 127. The van der Waals surface area contributed by atoms with Crippen molar-refractivity contribution in [1.82, 2.24) is 19.5 Å². The van der Waals surface area contributed by atoms with Crippen molar-refractivity contribution >= 4 is 33.8 Å². The molecule has 2 aromatic heterocycles. The summed E-state index contributed by atoms with van der Waals surface area (Å²) in [4.78, 5) is 12.4. The van der Waals surface area contributed by atoms with E-state index in [9.17, 15) is 9.50 Å². The smallest absolute Gasteiger partial charge is 0.246 e. The number of hydrogen-bond donors (Lipinski definition) is 2. The fourth-order valence-electron chi connectivity index (χ4n) is 2.27. The van der Waals surface area contributed by atoms with Crippen molar-refractivity contribution in [2.24, 2.45) is 0 Å². The lowest BCUT2D eigenvalue weighted by molar-refractivity contribution is -0.0459. The second-order valence-electron chi connectivity index (χ2n) is 4.51. The number of alkyl halides is 1. The van der Waals surface area contributed by atoms with Crippen LogP contribution in [-0.4, -0.2) is 61.8 Å². The number of fused-ring (bicyclic) bond motifs is 1. The summed E-state index contributed by atoms with van der Waals surface area (Å²) in [5.41, 5.74) is 0.709. The average Bonchev–Trinajstić information content (AvgIpc) is 3.01. The van der Waals surface area contributed by atoms with Gasteiger partial charge in [-0.25, -0.2) is 14.4 Å². The molecule has 2 aromatic rings. The van der Waals surface area contributed by atoms with Crippen LogP contribution >= 0.6 is 22.6 Å². The monoisotopic (exact) mass is 410 g/mol. The Balaban J connectivity index is 2.07. The Morgan fingerprint density at radius 1 is 1.52 bits per heavy atom. The molecule has 3 rings (SSSR count). The lowest BCUT2D eigenvalue weighted by Crippen LogP contribution is -2.30. The molecule has 21 heavy (non-hydrogen) atoms. The van der Waals surface area contributed by atoms with Crippen LogP contribution in [0.15, 0.2) is 6.33 Å². The van der Waals surface area contributed by atoms with Crippen LogP contribution in [0.2, 0.25) is 0 Å². The maximum absolute atomic E-state index is 14.2. The van der Waals surface area contributed by atoms with Gasteiger partial charge in [0, 0.05) is 22.6 Å². The van der Waals surface area contributed by atoms with Gasteiger partial charge in [-0.1, -0.05) is 0 Å². The number of ether oxygens (including phenoxy) is 2. The first kappa shape index (κ1) is 14.8. The zero-order valence-electron chi connectivity index (χ0n) is 10.8. The highest BCUT2D eigenvalue weighted by molar-refractivity contribution is 14.1. The first-order valence-corrected chi connectivity index (χ1v) is 7.17. The Hall–Kier alpha value is -1.11. The molecule has 1 fully saturated rings. The van der Waals surface area contributed by atoms with E-state index in [0.29, 0.717) is 15.0 Å². The molecule has 1 aliphatic rings. The predicted octanol–water partition coefficient (Wildman–Crippen LogP) is 0.0282. The molecule has 0 saturated carbocycles. The molecule has 3 heterocycles. The summed E-state index contributed by atoms with van der Waals surface area (Å²) >= 11 is 1.91. The number of aliphatic hydroxyl groups excluding tert-OH is 2. The first-order valence-electron chi connectivity index (χ1n) is 6.09. The topological polar surface area (TPSA) is 103 Å². The molecule has 114 valence electrons. The second-order valence-corrected chi connectivity index (χ2v) is 5.47.